The highest BCUT2D eigenvalue weighted by Gasteiger charge is 2.19. The van der Waals surface area contributed by atoms with Crippen molar-refractivity contribution in [3.63, 3.8) is 0 Å². The van der Waals surface area contributed by atoms with Gasteiger partial charge in [-0.3, -0.25) is 9.59 Å². The predicted octanol–water partition coefficient (Wildman–Crippen LogP) is 3.11. The SMILES string of the molecule is CCOCCC(=O)Nc1ccccc1C(=O)NC1CCCCC1. The minimum absolute atomic E-state index is 0.113. The van der Waals surface area contributed by atoms with Crippen LogP contribution in [0.25, 0.3) is 0 Å². The number of hydrogen-bond acceptors (Lipinski definition) is 3. The van der Waals surface area contributed by atoms with Gasteiger partial charge in [0.25, 0.3) is 5.91 Å². The number of anilines is 1. The third kappa shape index (κ3) is 5.67. The second-order valence-electron chi connectivity index (χ2n) is 5.85. The third-order valence-corrected chi connectivity index (χ3v) is 4.06. The largest absolute Gasteiger partial charge is 0.381 e. The first-order chi connectivity index (χ1) is 11.2. The van der Waals surface area contributed by atoms with Crippen molar-refractivity contribution < 1.29 is 14.3 Å². The normalized spacial score (nSPS) is 15.2. The summed E-state index contributed by atoms with van der Waals surface area (Å²) in [7, 11) is 0. The van der Waals surface area contributed by atoms with Gasteiger partial charge in [0.1, 0.15) is 0 Å². The van der Waals surface area contributed by atoms with Crippen molar-refractivity contribution in [2.24, 2.45) is 0 Å². The Labute approximate surface area is 137 Å². The second kappa shape index (κ2) is 9.30. The van der Waals surface area contributed by atoms with Gasteiger partial charge >= 0.3 is 0 Å². The van der Waals surface area contributed by atoms with E-state index in [1.807, 2.05) is 19.1 Å². The van der Waals surface area contributed by atoms with Gasteiger partial charge in [-0.05, 0) is 31.9 Å². The van der Waals surface area contributed by atoms with E-state index in [2.05, 4.69) is 10.6 Å². The Balaban J connectivity index is 1.95. The number of benzene rings is 1. The number of carbonyl (C=O) groups excluding carboxylic acids is 2. The summed E-state index contributed by atoms with van der Waals surface area (Å²) in [6, 6.07) is 7.38. The molecule has 1 fully saturated rings. The molecule has 2 amide bonds. The molecule has 0 saturated heterocycles. The molecule has 1 aliphatic carbocycles. The molecule has 0 radical (unpaired) electrons. The Kier molecular flexibility index (Phi) is 7.07. The number of para-hydroxylation sites is 1. The Hall–Kier alpha value is -1.88. The fourth-order valence-corrected chi connectivity index (χ4v) is 2.82. The van der Waals surface area contributed by atoms with E-state index in [1.165, 1.54) is 19.3 Å². The molecule has 0 aliphatic heterocycles. The maximum atomic E-state index is 12.5. The summed E-state index contributed by atoms with van der Waals surface area (Å²) in [5.74, 6) is -0.256. The Morgan fingerprint density at radius 3 is 2.65 bits per heavy atom. The molecule has 2 rings (SSSR count). The van der Waals surface area contributed by atoms with Crippen molar-refractivity contribution in [2.45, 2.75) is 51.5 Å². The van der Waals surface area contributed by atoms with Crippen molar-refractivity contribution in [1.29, 1.82) is 0 Å². The van der Waals surface area contributed by atoms with E-state index in [0.717, 1.165) is 12.8 Å². The lowest BCUT2D eigenvalue weighted by Gasteiger charge is -2.23. The van der Waals surface area contributed by atoms with E-state index < -0.39 is 0 Å². The number of carbonyl (C=O) groups is 2. The van der Waals surface area contributed by atoms with Crippen molar-refractivity contribution in [3.8, 4) is 0 Å². The molecule has 2 N–H and O–H groups in total. The quantitative estimate of drug-likeness (QED) is 0.759. The minimum Gasteiger partial charge on any atom is -0.381 e. The number of hydrogen-bond donors (Lipinski definition) is 2. The first-order valence-corrected chi connectivity index (χ1v) is 8.48. The summed E-state index contributed by atoms with van der Waals surface area (Å²) in [5.41, 5.74) is 1.07. The molecule has 1 saturated carbocycles. The van der Waals surface area contributed by atoms with Gasteiger partial charge in [0, 0.05) is 12.6 Å². The summed E-state index contributed by atoms with van der Waals surface area (Å²) in [5, 5.41) is 5.89. The average Bonchev–Trinajstić information content (AvgIpc) is 2.56. The van der Waals surface area contributed by atoms with Crippen LogP contribution < -0.4 is 10.6 Å². The second-order valence-corrected chi connectivity index (χ2v) is 5.85. The molecule has 0 aromatic heterocycles. The highest BCUT2D eigenvalue weighted by atomic mass is 16.5. The number of amides is 2. The van der Waals surface area contributed by atoms with Crippen LogP contribution in [0.2, 0.25) is 0 Å². The maximum Gasteiger partial charge on any atom is 0.253 e. The lowest BCUT2D eigenvalue weighted by atomic mass is 9.95. The van der Waals surface area contributed by atoms with Crippen LogP contribution in [0.15, 0.2) is 24.3 Å². The molecule has 126 valence electrons. The van der Waals surface area contributed by atoms with Gasteiger partial charge in [-0.15, -0.1) is 0 Å². The number of ether oxygens (including phenoxy) is 1. The molecule has 5 nitrogen and oxygen atoms in total. The van der Waals surface area contributed by atoms with E-state index in [9.17, 15) is 9.59 Å². The third-order valence-electron chi connectivity index (χ3n) is 4.06. The van der Waals surface area contributed by atoms with Crippen molar-refractivity contribution >= 4 is 17.5 Å². The fraction of sp³-hybridized carbons (Fsp3) is 0.556. The molecule has 5 heteroatoms. The van der Waals surface area contributed by atoms with Crippen LogP contribution in [-0.2, 0) is 9.53 Å². The molecule has 0 spiro atoms. The Bertz CT molecular complexity index is 525. The summed E-state index contributed by atoms with van der Waals surface area (Å²) >= 11 is 0. The van der Waals surface area contributed by atoms with Crippen LogP contribution in [0.4, 0.5) is 5.69 Å². The highest BCUT2D eigenvalue weighted by molar-refractivity contribution is 6.03. The Morgan fingerprint density at radius 1 is 1.17 bits per heavy atom. The lowest BCUT2D eigenvalue weighted by molar-refractivity contribution is -0.117. The molecular formula is C18H26N2O3. The lowest BCUT2D eigenvalue weighted by Crippen LogP contribution is -2.36. The van der Waals surface area contributed by atoms with Gasteiger partial charge in [-0.1, -0.05) is 31.4 Å². The van der Waals surface area contributed by atoms with Crippen molar-refractivity contribution in [2.75, 3.05) is 18.5 Å². The van der Waals surface area contributed by atoms with E-state index in [4.69, 9.17) is 4.74 Å². The molecule has 1 aromatic carbocycles. The zero-order valence-corrected chi connectivity index (χ0v) is 13.8. The van der Waals surface area contributed by atoms with Crippen molar-refractivity contribution in [3.05, 3.63) is 29.8 Å². The topological polar surface area (TPSA) is 67.4 Å². The summed E-state index contributed by atoms with van der Waals surface area (Å²) in [6.07, 6.45) is 5.94. The fourth-order valence-electron chi connectivity index (χ4n) is 2.82. The molecule has 0 unspecified atom stereocenters. The molecule has 0 bridgehead atoms. The van der Waals surface area contributed by atoms with E-state index >= 15 is 0 Å². The monoisotopic (exact) mass is 318 g/mol. The molecular weight excluding hydrogens is 292 g/mol. The number of rotatable bonds is 7. The summed E-state index contributed by atoms with van der Waals surface area (Å²) in [4.78, 5) is 24.4. The summed E-state index contributed by atoms with van der Waals surface area (Å²) in [6.45, 7) is 2.87. The van der Waals surface area contributed by atoms with Crippen LogP contribution >= 0.6 is 0 Å². The number of nitrogens with one attached hydrogen (secondary N) is 2. The van der Waals surface area contributed by atoms with E-state index in [-0.39, 0.29) is 24.3 Å². The first kappa shape index (κ1) is 17.5. The minimum atomic E-state index is -0.142. The molecule has 1 aromatic rings. The van der Waals surface area contributed by atoms with Crippen LogP contribution in [0, 0.1) is 0 Å². The van der Waals surface area contributed by atoms with Gasteiger partial charge in [0.15, 0.2) is 0 Å². The zero-order valence-electron chi connectivity index (χ0n) is 13.8. The maximum absolute atomic E-state index is 12.5. The van der Waals surface area contributed by atoms with Crippen molar-refractivity contribution in [1.82, 2.24) is 5.32 Å². The molecule has 1 aliphatic rings. The van der Waals surface area contributed by atoms with E-state index in [1.54, 1.807) is 12.1 Å². The van der Waals surface area contributed by atoms with Gasteiger partial charge in [0.05, 0.1) is 24.3 Å². The van der Waals surface area contributed by atoms with Crippen LogP contribution in [0.5, 0.6) is 0 Å². The zero-order chi connectivity index (χ0) is 16.5. The van der Waals surface area contributed by atoms with Crippen LogP contribution in [-0.4, -0.2) is 31.1 Å². The van der Waals surface area contributed by atoms with Crippen LogP contribution in [0.3, 0.4) is 0 Å². The summed E-state index contributed by atoms with van der Waals surface area (Å²) < 4.78 is 5.18. The van der Waals surface area contributed by atoms with Crippen LogP contribution in [0.1, 0.15) is 55.8 Å². The smallest absolute Gasteiger partial charge is 0.253 e. The average molecular weight is 318 g/mol. The predicted molar refractivity (Wildman–Crippen MR) is 90.5 cm³/mol. The highest BCUT2D eigenvalue weighted by Crippen LogP contribution is 2.20. The van der Waals surface area contributed by atoms with E-state index in [0.29, 0.717) is 24.5 Å². The van der Waals surface area contributed by atoms with Gasteiger partial charge < -0.3 is 15.4 Å². The molecule has 23 heavy (non-hydrogen) atoms. The standard InChI is InChI=1S/C18H26N2O3/c1-2-23-13-12-17(21)20-16-11-7-6-10-15(16)18(22)19-14-8-4-3-5-9-14/h6-7,10-11,14H,2-5,8-9,12-13H2,1H3,(H,19,22)(H,20,21). The van der Waals surface area contributed by atoms with Gasteiger partial charge in [-0.2, -0.15) is 0 Å². The first-order valence-electron chi connectivity index (χ1n) is 8.48. The van der Waals surface area contributed by atoms with Gasteiger partial charge in [-0.25, -0.2) is 0 Å². The van der Waals surface area contributed by atoms with Gasteiger partial charge in [0.2, 0.25) is 5.91 Å². The molecule has 0 atom stereocenters. The molecule has 0 heterocycles. The Morgan fingerprint density at radius 2 is 1.91 bits per heavy atom.